The molecule has 0 spiro atoms. The van der Waals surface area contributed by atoms with Crippen molar-refractivity contribution in [3.05, 3.63) is 46.8 Å². The van der Waals surface area contributed by atoms with E-state index in [2.05, 4.69) is 31.7 Å². The van der Waals surface area contributed by atoms with Crippen molar-refractivity contribution in [2.24, 2.45) is 0 Å². The topological polar surface area (TPSA) is 69.6 Å². The van der Waals surface area contributed by atoms with Crippen LogP contribution in [0.4, 0.5) is 0 Å². The van der Waals surface area contributed by atoms with Gasteiger partial charge in [0.2, 0.25) is 5.89 Å². The van der Waals surface area contributed by atoms with E-state index >= 15 is 0 Å². The summed E-state index contributed by atoms with van der Waals surface area (Å²) in [7, 11) is 0. The van der Waals surface area contributed by atoms with E-state index in [9.17, 15) is 0 Å². The molecule has 3 rings (SSSR count). The molecule has 6 nitrogen and oxygen atoms in total. The summed E-state index contributed by atoms with van der Waals surface area (Å²) in [4.78, 5) is 8.34. The molecule has 1 unspecified atom stereocenters. The van der Waals surface area contributed by atoms with Crippen molar-refractivity contribution in [2.75, 3.05) is 0 Å². The molecule has 3 heterocycles. The predicted molar refractivity (Wildman–Crippen MR) is 69.9 cm³/mol. The number of nitrogens with zero attached hydrogens (tertiary/aromatic N) is 5. The van der Waals surface area contributed by atoms with Crippen molar-refractivity contribution >= 4 is 11.3 Å². The molecule has 98 valence electrons. The molecule has 3 aromatic rings. The van der Waals surface area contributed by atoms with Gasteiger partial charge >= 0.3 is 0 Å². The number of hydrogen-bond acceptors (Lipinski definition) is 6. The third-order valence-electron chi connectivity index (χ3n) is 2.78. The Kier molecular flexibility index (Phi) is 3.37. The van der Waals surface area contributed by atoms with Crippen LogP contribution in [-0.4, -0.2) is 24.9 Å². The number of thiophene rings is 1. The van der Waals surface area contributed by atoms with E-state index in [0.717, 1.165) is 5.82 Å². The quantitative estimate of drug-likeness (QED) is 0.713. The van der Waals surface area contributed by atoms with Gasteiger partial charge in [-0.05, 0) is 22.4 Å². The number of rotatable bonds is 5. The average molecular weight is 275 g/mol. The Labute approximate surface area is 114 Å². The van der Waals surface area contributed by atoms with Crippen LogP contribution in [0.2, 0.25) is 0 Å². The first-order chi connectivity index (χ1) is 9.31. The van der Waals surface area contributed by atoms with E-state index < -0.39 is 0 Å². The van der Waals surface area contributed by atoms with E-state index in [1.165, 1.54) is 11.9 Å². The minimum atomic E-state index is 0.116. The Morgan fingerprint density at radius 1 is 1.47 bits per heavy atom. The second-order valence-corrected chi connectivity index (χ2v) is 5.16. The monoisotopic (exact) mass is 275 g/mol. The van der Waals surface area contributed by atoms with E-state index in [-0.39, 0.29) is 5.92 Å². The molecule has 3 aromatic heterocycles. The Morgan fingerprint density at radius 3 is 3.16 bits per heavy atom. The zero-order valence-corrected chi connectivity index (χ0v) is 11.2. The van der Waals surface area contributed by atoms with Gasteiger partial charge in [-0.1, -0.05) is 12.1 Å². The number of aromatic nitrogens is 5. The normalized spacial score (nSPS) is 12.7. The zero-order valence-electron chi connectivity index (χ0n) is 10.4. The van der Waals surface area contributed by atoms with Crippen molar-refractivity contribution in [3.63, 3.8) is 0 Å². The standard InChI is InChI=1S/C12H13N5OS/c1-9(5-17-8-13-7-14-17)12-15-11(16-18-12)4-10-2-3-19-6-10/h2-3,6-9H,4-5H2,1H3. The smallest absolute Gasteiger partial charge is 0.231 e. The number of hydrogen-bond donors (Lipinski definition) is 0. The van der Waals surface area contributed by atoms with Gasteiger partial charge in [0.25, 0.3) is 0 Å². The van der Waals surface area contributed by atoms with Gasteiger partial charge in [0, 0.05) is 6.42 Å². The first-order valence-corrected chi connectivity index (χ1v) is 6.91. The molecule has 7 heteroatoms. The van der Waals surface area contributed by atoms with Crippen LogP contribution in [0, 0.1) is 0 Å². The van der Waals surface area contributed by atoms with Crippen LogP contribution in [0.3, 0.4) is 0 Å². The van der Waals surface area contributed by atoms with Crippen LogP contribution >= 0.6 is 11.3 Å². The van der Waals surface area contributed by atoms with Crippen LogP contribution in [-0.2, 0) is 13.0 Å². The van der Waals surface area contributed by atoms with Crippen molar-refractivity contribution in [1.82, 2.24) is 24.9 Å². The molecule has 0 aromatic carbocycles. The highest BCUT2D eigenvalue weighted by molar-refractivity contribution is 7.07. The fraction of sp³-hybridized carbons (Fsp3) is 0.333. The van der Waals surface area contributed by atoms with Crippen LogP contribution in [0.15, 0.2) is 34.0 Å². The summed E-state index contributed by atoms with van der Waals surface area (Å²) in [6.07, 6.45) is 3.91. The molecular formula is C12H13N5OS. The molecule has 19 heavy (non-hydrogen) atoms. The summed E-state index contributed by atoms with van der Waals surface area (Å²) >= 11 is 1.67. The van der Waals surface area contributed by atoms with Gasteiger partial charge < -0.3 is 4.52 Å². The Morgan fingerprint density at radius 2 is 2.42 bits per heavy atom. The lowest BCUT2D eigenvalue weighted by molar-refractivity contribution is 0.339. The van der Waals surface area contributed by atoms with E-state index in [1.54, 1.807) is 22.3 Å². The molecule has 1 atom stereocenters. The van der Waals surface area contributed by atoms with Crippen molar-refractivity contribution in [2.45, 2.75) is 25.8 Å². The van der Waals surface area contributed by atoms with E-state index in [4.69, 9.17) is 4.52 Å². The maximum Gasteiger partial charge on any atom is 0.231 e. The molecule has 0 saturated carbocycles. The van der Waals surface area contributed by atoms with Gasteiger partial charge in [0.15, 0.2) is 5.82 Å². The summed E-state index contributed by atoms with van der Waals surface area (Å²) < 4.78 is 7.06. The molecule has 0 aliphatic carbocycles. The summed E-state index contributed by atoms with van der Waals surface area (Å²) in [6, 6.07) is 2.07. The fourth-order valence-electron chi connectivity index (χ4n) is 1.80. The zero-order chi connectivity index (χ0) is 13.1. The minimum Gasteiger partial charge on any atom is -0.339 e. The van der Waals surface area contributed by atoms with Crippen molar-refractivity contribution in [3.8, 4) is 0 Å². The fourth-order valence-corrected chi connectivity index (χ4v) is 2.47. The van der Waals surface area contributed by atoms with Crippen LogP contribution in [0.25, 0.3) is 0 Å². The lowest BCUT2D eigenvalue weighted by Gasteiger charge is -2.04. The highest BCUT2D eigenvalue weighted by Gasteiger charge is 2.15. The molecule has 0 saturated heterocycles. The lowest BCUT2D eigenvalue weighted by atomic mass is 10.2. The highest BCUT2D eigenvalue weighted by Crippen LogP contribution is 2.16. The summed E-state index contributed by atoms with van der Waals surface area (Å²) in [6.45, 7) is 2.71. The van der Waals surface area contributed by atoms with E-state index in [1.807, 2.05) is 12.3 Å². The molecule has 0 bridgehead atoms. The van der Waals surface area contributed by atoms with Crippen LogP contribution in [0.1, 0.15) is 30.1 Å². The van der Waals surface area contributed by atoms with Crippen molar-refractivity contribution in [1.29, 1.82) is 0 Å². The van der Waals surface area contributed by atoms with Crippen LogP contribution < -0.4 is 0 Å². The first-order valence-electron chi connectivity index (χ1n) is 5.97. The Bertz CT molecular complexity index is 616. The third kappa shape index (κ3) is 2.87. The van der Waals surface area contributed by atoms with Crippen molar-refractivity contribution < 1.29 is 4.52 Å². The van der Waals surface area contributed by atoms with Gasteiger partial charge in [-0.15, -0.1) is 0 Å². The second-order valence-electron chi connectivity index (χ2n) is 4.38. The van der Waals surface area contributed by atoms with Gasteiger partial charge in [0.1, 0.15) is 12.7 Å². The minimum absolute atomic E-state index is 0.116. The molecule has 0 aliphatic rings. The summed E-state index contributed by atoms with van der Waals surface area (Å²) in [5.41, 5.74) is 1.21. The second kappa shape index (κ2) is 5.31. The Balaban J connectivity index is 1.67. The Hall–Kier alpha value is -2.02. The van der Waals surface area contributed by atoms with Gasteiger partial charge in [-0.2, -0.15) is 21.4 Å². The maximum absolute atomic E-state index is 5.30. The van der Waals surface area contributed by atoms with Gasteiger partial charge in [-0.25, -0.2) is 4.98 Å². The van der Waals surface area contributed by atoms with Gasteiger partial charge in [-0.3, -0.25) is 4.68 Å². The summed E-state index contributed by atoms with van der Waals surface area (Å²) in [5.74, 6) is 1.48. The summed E-state index contributed by atoms with van der Waals surface area (Å²) in [5, 5.41) is 12.2. The lowest BCUT2D eigenvalue weighted by Crippen LogP contribution is -2.07. The molecule has 0 fully saturated rings. The molecule has 0 aliphatic heterocycles. The van der Waals surface area contributed by atoms with Gasteiger partial charge in [0.05, 0.1) is 12.5 Å². The first kappa shape index (κ1) is 12.0. The third-order valence-corrected chi connectivity index (χ3v) is 3.51. The largest absolute Gasteiger partial charge is 0.339 e. The SMILES string of the molecule is CC(Cn1cncn1)c1nc(Cc2ccsc2)no1. The highest BCUT2D eigenvalue weighted by atomic mass is 32.1. The maximum atomic E-state index is 5.30. The molecular weight excluding hydrogens is 262 g/mol. The average Bonchev–Trinajstić information content (AvgIpc) is 3.10. The molecule has 0 amide bonds. The predicted octanol–water partition coefficient (Wildman–Crippen LogP) is 2.12. The molecule has 0 N–H and O–H groups in total. The molecule has 0 radical (unpaired) electrons. The van der Waals surface area contributed by atoms with Crippen LogP contribution in [0.5, 0.6) is 0 Å². The van der Waals surface area contributed by atoms with E-state index in [0.29, 0.717) is 18.9 Å².